The van der Waals surface area contributed by atoms with Gasteiger partial charge >= 0.3 is 11.9 Å². The molecule has 2 rings (SSSR count). The van der Waals surface area contributed by atoms with Crippen LogP contribution in [-0.4, -0.2) is 47.5 Å². The first-order valence-corrected chi connectivity index (χ1v) is 7.05. The van der Waals surface area contributed by atoms with Gasteiger partial charge in [-0.1, -0.05) is 12.1 Å². The second-order valence-corrected chi connectivity index (χ2v) is 5.34. The Morgan fingerprint density at radius 1 is 1.43 bits per heavy atom. The molecule has 120 valence electrons. The number of carbonyl (C=O) groups excluding carboxylic acids is 2. The Bertz CT molecular complexity index is 662. The van der Waals surface area contributed by atoms with Crippen LogP contribution in [0.5, 0.6) is 0 Å². The molecule has 1 amide bonds. The molecule has 1 aromatic carbocycles. The van der Waals surface area contributed by atoms with E-state index >= 15 is 0 Å². The van der Waals surface area contributed by atoms with E-state index in [1.807, 2.05) is 6.07 Å². The van der Waals surface area contributed by atoms with Crippen LogP contribution in [0.15, 0.2) is 24.3 Å². The van der Waals surface area contributed by atoms with E-state index < -0.39 is 23.9 Å². The number of carboxylic acid groups (broad SMARTS) is 1. The van der Waals surface area contributed by atoms with Crippen LogP contribution in [0.2, 0.25) is 0 Å². The van der Waals surface area contributed by atoms with E-state index in [1.165, 1.54) is 12.0 Å². The van der Waals surface area contributed by atoms with Gasteiger partial charge in [0.15, 0.2) is 0 Å². The van der Waals surface area contributed by atoms with Gasteiger partial charge in [0, 0.05) is 19.4 Å². The van der Waals surface area contributed by atoms with Gasteiger partial charge < -0.3 is 14.7 Å². The van der Waals surface area contributed by atoms with Crippen LogP contribution in [0.25, 0.3) is 0 Å². The van der Waals surface area contributed by atoms with Gasteiger partial charge in [-0.2, -0.15) is 5.26 Å². The molecule has 0 radical (unpaired) electrons. The van der Waals surface area contributed by atoms with Crippen molar-refractivity contribution in [2.24, 2.45) is 5.92 Å². The first-order chi connectivity index (χ1) is 11.0. The zero-order chi connectivity index (χ0) is 17.0. The van der Waals surface area contributed by atoms with Crippen LogP contribution in [0, 0.1) is 17.2 Å². The van der Waals surface area contributed by atoms with Gasteiger partial charge in [-0.3, -0.25) is 9.59 Å². The number of esters is 1. The Morgan fingerprint density at radius 2 is 2.09 bits per heavy atom. The Labute approximate surface area is 133 Å². The molecular formula is C16H16N2O5. The maximum atomic E-state index is 12.1. The lowest BCUT2D eigenvalue weighted by Gasteiger charge is -2.24. The van der Waals surface area contributed by atoms with E-state index in [0.29, 0.717) is 11.1 Å². The number of ether oxygens (including phenoxy) is 1. The molecule has 0 saturated carbocycles. The summed E-state index contributed by atoms with van der Waals surface area (Å²) in [4.78, 5) is 36.4. The number of rotatable bonds is 5. The molecule has 1 aliphatic rings. The van der Waals surface area contributed by atoms with Gasteiger partial charge in [0.2, 0.25) is 5.91 Å². The van der Waals surface area contributed by atoms with E-state index in [0.717, 1.165) is 0 Å². The highest BCUT2D eigenvalue weighted by Gasteiger charge is 2.41. The summed E-state index contributed by atoms with van der Waals surface area (Å²) in [5.74, 6) is -2.65. The lowest BCUT2D eigenvalue weighted by Crippen LogP contribution is -2.44. The molecule has 1 heterocycles. The topological polar surface area (TPSA) is 108 Å². The third-order valence-electron chi connectivity index (χ3n) is 3.87. The number of hydrogen-bond acceptors (Lipinski definition) is 5. The van der Waals surface area contributed by atoms with E-state index in [9.17, 15) is 19.5 Å². The predicted molar refractivity (Wildman–Crippen MR) is 78.1 cm³/mol. The third kappa shape index (κ3) is 3.66. The molecule has 23 heavy (non-hydrogen) atoms. The van der Waals surface area contributed by atoms with Crippen LogP contribution in [-0.2, 0) is 25.5 Å². The van der Waals surface area contributed by atoms with Crippen molar-refractivity contribution in [3.05, 3.63) is 35.4 Å². The summed E-state index contributed by atoms with van der Waals surface area (Å²) in [6.07, 6.45) is 0.0739. The van der Waals surface area contributed by atoms with Crippen molar-refractivity contribution in [1.29, 1.82) is 5.26 Å². The Balaban J connectivity index is 2.15. The van der Waals surface area contributed by atoms with E-state index in [-0.39, 0.29) is 25.3 Å². The van der Waals surface area contributed by atoms with Crippen LogP contribution in [0.4, 0.5) is 0 Å². The lowest BCUT2D eigenvalue weighted by molar-refractivity contribution is -0.148. The minimum atomic E-state index is -1.13. The number of amides is 1. The molecule has 0 spiro atoms. The highest BCUT2D eigenvalue weighted by Crippen LogP contribution is 2.23. The van der Waals surface area contributed by atoms with Crippen molar-refractivity contribution >= 4 is 17.8 Å². The van der Waals surface area contributed by atoms with Crippen molar-refractivity contribution in [3.63, 3.8) is 0 Å². The van der Waals surface area contributed by atoms with Gasteiger partial charge in [0.25, 0.3) is 0 Å². The van der Waals surface area contributed by atoms with Crippen LogP contribution < -0.4 is 0 Å². The van der Waals surface area contributed by atoms with Gasteiger partial charge in [-0.25, -0.2) is 4.79 Å². The average molecular weight is 316 g/mol. The number of benzene rings is 1. The Morgan fingerprint density at radius 3 is 2.61 bits per heavy atom. The fourth-order valence-electron chi connectivity index (χ4n) is 2.63. The number of carbonyl (C=O) groups is 3. The standard InChI is InChI=1S/C16H16N2O5/c1-23-16(22)12-7-14(19)18(9-12)13(15(20)21)6-10-2-4-11(8-17)5-3-10/h2-5,12-13H,6-7,9H2,1H3,(H,20,21)/t12?,13-/m0/s1. The van der Waals surface area contributed by atoms with E-state index in [2.05, 4.69) is 4.74 Å². The Hall–Kier alpha value is -2.88. The molecule has 1 fully saturated rings. The summed E-state index contributed by atoms with van der Waals surface area (Å²) in [5.41, 5.74) is 1.18. The maximum absolute atomic E-state index is 12.1. The van der Waals surface area contributed by atoms with Gasteiger partial charge in [0.1, 0.15) is 6.04 Å². The molecule has 1 aromatic rings. The number of aliphatic carboxylic acids is 1. The molecule has 0 bridgehead atoms. The van der Waals surface area contributed by atoms with Crippen molar-refractivity contribution < 1.29 is 24.2 Å². The van der Waals surface area contributed by atoms with Crippen LogP contribution in [0.3, 0.4) is 0 Å². The number of likely N-dealkylation sites (tertiary alicyclic amines) is 1. The first kappa shape index (κ1) is 16.5. The molecule has 7 heteroatoms. The zero-order valence-electron chi connectivity index (χ0n) is 12.6. The molecule has 1 unspecified atom stereocenters. The first-order valence-electron chi connectivity index (χ1n) is 7.05. The monoisotopic (exact) mass is 316 g/mol. The summed E-state index contributed by atoms with van der Waals surface area (Å²) in [6.45, 7) is 0.0404. The molecule has 0 aliphatic carbocycles. The second kappa shape index (κ2) is 6.92. The fourth-order valence-corrected chi connectivity index (χ4v) is 2.63. The minimum absolute atomic E-state index is 0.0379. The molecule has 1 N–H and O–H groups in total. The molecule has 2 atom stereocenters. The maximum Gasteiger partial charge on any atom is 0.326 e. The third-order valence-corrected chi connectivity index (χ3v) is 3.87. The summed E-state index contributed by atoms with van der Waals surface area (Å²) >= 11 is 0. The molecule has 1 saturated heterocycles. The number of carboxylic acids is 1. The van der Waals surface area contributed by atoms with Crippen molar-refractivity contribution in [2.75, 3.05) is 13.7 Å². The quantitative estimate of drug-likeness (QED) is 0.796. The largest absolute Gasteiger partial charge is 0.480 e. The summed E-state index contributed by atoms with van der Waals surface area (Å²) < 4.78 is 4.62. The van der Waals surface area contributed by atoms with Crippen LogP contribution in [0.1, 0.15) is 17.5 Å². The van der Waals surface area contributed by atoms with Gasteiger partial charge in [0.05, 0.1) is 24.7 Å². The molecule has 0 aromatic heterocycles. The summed E-state index contributed by atoms with van der Waals surface area (Å²) in [7, 11) is 1.24. The van der Waals surface area contributed by atoms with Gasteiger partial charge in [-0.15, -0.1) is 0 Å². The minimum Gasteiger partial charge on any atom is -0.480 e. The SMILES string of the molecule is COC(=O)C1CC(=O)N([C@@H](Cc2ccc(C#N)cc2)C(=O)O)C1. The fraction of sp³-hybridized carbons (Fsp3) is 0.375. The summed E-state index contributed by atoms with van der Waals surface area (Å²) in [5, 5.41) is 18.2. The molecular weight excluding hydrogens is 300 g/mol. The normalized spacial score (nSPS) is 18.3. The average Bonchev–Trinajstić information content (AvgIpc) is 2.93. The number of nitriles is 1. The number of methoxy groups -OCH3 is 1. The molecule has 7 nitrogen and oxygen atoms in total. The number of nitrogens with zero attached hydrogens (tertiary/aromatic N) is 2. The smallest absolute Gasteiger partial charge is 0.326 e. The predicted octanol–water partition coefficient (Wildman–Crippen LogP) is 0.575. The van der Waals surface area contributed by atoms with Crippen LogP contribution >= 0.6 is 0 Å². The van der Waals surface area contributed by atoms with E-state index in [4.69, 9.17) is 5.26 Å². The highest BCUT2D eigenvalue weighted by atomic mass is 16.5. The van der Waals surface area contributed by atoms with Crippen molar-refractivity contribution in [1.82, 2.24) is 4.90 Å². The highest BCUT2D eigenvalue weighted by molar-refractivity contribution is 5.90. The Kier molecular flexibility index (Phi) is 4.96. The van der Waals surface area contributed by atoms with Crippen molar-refractivity contribution in [3.8, 4) is 6.07 Å². The number of hydrogen-bond donors (Lipinski definition) is 1. The summed E-state index contributed by atoms with van der Waals surface area (Å²) in [6, 6.07) is 7.44. The van der Waals surface area contributed by atoms with E-state index in [1.54, 1.807) is 24.3 Å². The molecule has 1 aliphatic heterocycles. The van der Waals surface area contributed by atoms with Gasteiger partial charge in [-0.05, 0) is 17.7 Å². The lowest BCUT2D eigenvalue weighted by atomic mass is 10.0. The zero-order valence-corrected chi connectivity index (χ0v) is 12.6. The second-order valence-electron chi connectivity index (χ2n) is 5.34. The van der Waals surface area contributed by atoms with Crippen molar-refractivity contribution in [2.45, 2.75) is 18.9 Å².